The van der Waals surface area contributed by atoms with Crippen LogP contribution < -0.4 is 5.32 Å². The van der Waals surface area contributed by atoms with Crippen LogP contribution in [0.15, 0.2) is 54.6 Å². The van der Waals surface area contributed by atoms with Gasteiger partial charge in [0.1, 0.15) is 0 Å². The van der Waals surface area contributed by atoms with E-state index in [4.69, 9.17) is 0 Å². The first-order valence-corrected chi connectivity index (χ1v) is 10.1. The number of aromatic carboxylic acids is 1. The predicted octanol–water partition coefficient (Wildman–Crippen LogP) is 5.05. The Balaban J connectivity index is 1.78. The van der Waals surface area contributed by atoms with E-state index in [9.17, 15) is 9.90 Å². The topological polar surface area (TPSA) is 54.3 Å². The zero-order valence-electron chi connectivity index (χ0n) is 17.7. The second kappa shape index (κ2) is 9.10. The maximum Gasteiger partial charge on any atom is 0.337 e. The first kappa shape index (κ1) is 20.9. The van der Waals surface area contributed by atoms with Gasteiger partial charge in [-0.3, -0.25) is 0 Å². The molecule has 0 amide bonds. The monoisotopic (exact) mass is 390 g/mol. The molecule has 0 saturated carbocycles. The Kier molecular flexibility index (Phi) is 6.55. The number of hydrogen-bond donors (Lipinski definition) is 2. The van der Waals surface area contributed by atoms with Gasteiger partial charge in [0.05, 0.1) is 5.56 Å². The van der Waals surface area contributed by atoms with Crippen molar-refractivity contribution in [3.63, 3.8) is 0 Å². The van der Waals surface area contributed by atoms with Crippen LogP contribution >= 0.6 is 0 Å². The first-order chi connectivity index (χ1) is 13.9. The first-order valence-electron chi connectivity index (χ1n) is 10.1. The Morgan fingerprint density at radius 3 is 2.28 bits per heavy atom. The summed E-state index contributed by atoms with van der Waals surface area (Å²) in [5.41, 5.74) is 6.80. The molecule has 0 aliphatic carbocycles. The molecule has 0 radical (unpaired) electrons. The van der Waals surface area contributed by atoms with E-state index in [0.29, 0.717) is 24.6 Å². The Hall–Kier alpha value is -2.85. The predicted molar refractivity (Wildman–Crippen MR) is 118 cm³/mol. The summed E-state index contributed by atoms with van der Waals surface area (Å²) in [6.45, 7) is 10.2. The minimum atomic E-state index is -0.860. The lowest BCUT2D eigenvalue weighted by Gasteiger charge is -2.14. The summed E-state index contributed by atoms with van der Waals surface area (Å²) < 4.78 is 2.12. The lowest BCUT2D eigenvalue weighted by Crippen LogP contribution is -2.21. The molecule has 1 atom stereocenters. The zero-order chi connectivity index (χ0) is 21.0. The quantitative estimate of drug-likeness (QED) is 0.566. The Bertz CT molecular complexity index is 972. The van der Waals surface area contributed by atoms with E-state index in [2.05, 4.69) is 60.1 Å². The van der Waals surface area contributed by atoms with Gasteiger partial charge in [0, 0.05) is 36.6 Å². The molecular formula is C25H30N2O2. The van der Waals surface area contributed by atoms with Crippen LogP contribution in [0.5, 0.6) is 0 Å². The normalized spacial score (nSPS) is 12.1. The van der Waals surface area contributed by atoms with Crippen molar-refractivity contribution in [2.45, 2.75) is 46.7 Å². The van der Waals surface area contributed by atoms with Gasteiger partial charge >= 0.3 is 5.97 Å². The fourth-order valence-corrected chi connectivity index (χ4v) is 3.88. The molecule has 4 heteroatoms. The molecule has 2 aromatic carbocycles. The van der Waals surface area contributed by atoms with Crippen molar-refractivity contribution >= 4 is 5.97 Å². The van der Waals surface area contributed by atoms with E-state index in [1.165, 1.54) is 16.7 Å². The molecule has 3 aromatic rings. The van der Waals surface area contributed by atoms with Crippen LogP contribution in [0.3, 0.4) is 0 Å². The van der Waals surface area contributed by atoms with Crippen LogP contribution in [0.4, 0.5) is 0 Å². The molecule has 0 bridgehead atoms. The standard InChI is InChI=1S/C25H30N2O2/c1-17-10-12-21(13-11-17)16-27-19(3)23(24(20(27)4)25(28)29)15-26-14-18(2)22-8-6-5-7-9-22/h5-13,18,26H,14-16H2,1-4H3,(H,28,29)/t18-/m0/s1. The molecule has 0 saturated heterocycles. The number of carboxylic acids is 1. The maximum atomic E-state index is 12.0. The number of nitrogens with zero attached hydrogens (tertiary/aromatic N) is 1. The highest BCUT2D eigenvalue weighted by molar-refractivity contribution is 5.91. The van der Waals surface area contributed by atoms with Gasteiger partial charge < -0.3 is 15.0 Å². The van der Waals surface area contributed by atoms with E-state index < -0.39 is 5.97 Å². The second-order valence-electron chi connectivity index (χ2n) is 7.84. The number of carbonyl (C=O) groups is 1. The van der Waals surface area contributed by atoms with Crippen LogP contribution in [0.1, 0.15) is 56.8 Å². The third-order valence-corrected chi connectivity index (χ3v) is 5.71. The van der Waals surface area contributed by atoms with Crippen LogP contribution in [0, 0.1) is 20.8 Å². The summed E-state index contributed by atoms with van der Waals surface area (Å²) in [6, 6.07) is 18.8. The lowest BCUT2D eigenvalue weighted by molar-refractivity contribution is 0.0694. The summed E-state index contributed by atoms with van der Waals surface area (Å²) in [7, 11) is 0. The van der Waals surface area contributed by atoms with Gasteiger partial charge in [-0.1, -0.05) is 67.1 Å². The van der Waals surface area contributed by atoms with Crippen LogP contribution in [0.2, 0.25) is 0 Å². The number of rotatable bonds is 8. The highest BCUT2D eigenvalue weighted by Gasteiger charge is 2.22. The molecule has 0 aliphatic rings. The van der Waals surface area contributed by atoms with E-state index in [0.717, 1.165) is 23.5 Å². The smallest absolute Gasteiger partial charge is 0.337 e. The molecule has 0 fully saturated rings. The summed E-state index contributed by atoms with van der Waals surface area (Å²) >= 11 is 0. The Labute approximate surface area is 173 Å². The molecular weight excluding hydrogens is 360 g/mol. The molecule has 0 spiro atoms. The minimum absolute atomic E-state index is 0.362. The fraction of sp³-hybridized carbons (Fsp3) is 0.320. The van der Waals surface area contributed by atoms with Crippen molar-refractivity contribution < 1.29 is 9.90 Å². The largest absolute Gasteiger partial charge is 0.478 e. The molecule has 1 aromatic heterocycles. The van der Waals surface area contributed by atoms with Crippen molar-refractivity contribution in [2.24, 2.45) is 0 Å². The third-order valence-electron chi connectivity index (χ3n) is 5.71. The summed E-state index contributed by atoms with van der Waals surface area (Å²) in [4.78, 5) is 12.0. The number of hydrogen-bond acceptors (Lipinski definition) is 2. The van der Waals surface area contributed by atoms with E-state index in [1.54, 1.807) is 0 Å². The number of nitrogens with one attached hydrogen (secondary N) is 1. The molecule has 29 heavy (non-hydrogen) atoms. The number of aromatic nitrogens is 1. The van der Waals surface area contributed by atoms with Gasteiger partial charge in [0.15, 0.2) is 0 Å². The highest BCUT2D eigenvalue weighted by atomic mass is 16.4. The van der Waals surface area contributed by atoms with Gasteiger partial charge in [0.25, 0.3) is 0 Å². The van der Waals surface area contributed by atoms with Crippen molar-refractivity contribution in [2.75, 3.05) is 6.54 Å². The van der Waals surface area contributed by atoms with Crippen LogP contribution in [0.25, 0.3) is 0 Å². The van der Waals surface area contributed by atoms with Crippen molar-refractivity contribution in [1.29, 1.82) is 0 Å². The van der Waals surface area contributed by atoms with Crippen molar-refractivity contribution in [1.82, 2.24) is 9.88 Å². The zero-order valence-corrected chi connectivity index (χ0v) is 17.7. The molecule has 0 unspecified atom stereocenters. The SMILES string of the molecule is Cc1ccc(Cn2c(C)c(CNC[C@H](C)c3ccccc3)c(C(=O)O)c2C)cc1. The average molecular weight is 391 g/mol. The van der Waals surface area contributed by atoms with E-state index >= 15 is 0 Å². The molecule has 152 valence electrons. The molecule has 1 heterocycles. The maximum absolute atomic E-state index is 12.0. The van der Waals surface area contributed by atoms with Gasteiger partial charge in [-0.05, 0) is 37.8 Å². The second-order valence-corrected chi connectivity index (χ2v) is 7.84. The molecule has 2 N–H and O–H groups in total. The van der Waals surface area contributed by atoms with Gasteiger partial charge in [0.2, 0.25) is 0 Å². The lowest BCUT2D eigenvalue weighted by atomic mass is 10.0. The molecule has 4 nitrogen and oxygen atoms in total. The van der Waals surface area contributed by atoms with E-state index in [1.807, 2.05) is 32.0 Å². The average Bonchev–Trinajstić information content (AvgIpc) is 2.94. The van der Waals surface area contributed by atoms with Crippen LogP contribution in [-0.4, -0.2) is 22.2 Å². The van der Waals surface area contributed by atoms with Crippen molar-refractivity contribution in [3.05, 3.63) is 93.8 Å². The Morgan fingerprint density at radius 1 is 1.00 bits per heavy atom. The van der Waals surface area contributed by atoms with Gasteiger partial charge in [-0.2, -0.15) is 0 Å². The number of aryl methyl sites for hydroxylation is 1. The fourth-order valence-electron chi connectivity index (χ4n) is 3.88. The van der Waals surface area contributed by atoms with Gasteiger partial charge in [-0.25, -0.2) is 4.79 Å². The summed E-state index contributed by atoms with van der Waals surface area (Å²) in [5.74, 6) is -0.498. The molecule has 0 aliphatic heterocycles. The highest BCUT2D eigenvalue weighted by Crippen LogP contribution is 2.24. The third kappa shape index (κ3) is 4.77. The number of benzene rings is 2. The minimum Gasteiger partial charge on any atom is -0.478 e. The van der Waals surface area contributed by atoms with Gasteiger partial charge in [-0.15, -0.1) is 0 Å². The number of carboxylic acid groups (broad SMARTS) is 1. The Morgan fingerprint density at radius 2 is 1.66 bits per heavy atom. The summed E-state index contributed by atoms with van der Waals surface area (Å²) in [6.07, 6.45) is 0. The van der Waals surface area contributed by atoms with E-state index in [-0.39, 0.29) is 0 Å². The van der Waals surface area contributed by atoms with Crippen LogP contribution in [-0.2, 0) is 13.1 Å². The summed E-state index contributed by atoms with van der Waals surface area (Å²) in [5, 5.41) is 13.3. The van der Waals surface area contributed by atoms with Crippen molar-refractivity contribution in [3.8, 4) is 0 Å². The molecule has 3 rings (SSSR count).